The van der Waals surface area contributed by atoms with Crippen molar-refractivity contribution < 1.29 is 24.4 Å². The first-order chi connectivity index (χ1) is 10.7. The number of hydrogen-bond acceptors (Lipinski definition) is 6. The van der Waals surface area contributed by atoms with Gasteiger partial charge in [0, 0.05) is 18.1 Å². The molecule has 0 aromatic heterocycles. The van der Waals surface area contributed by atoms with Crippen molar-refractivity contribution in [3.8, 4) is 0 Å². The molecule has 0 aliphatic carbocycles. The fraction of sp³-hybridized carbons (Fsp3) is 1.00. The van der Waals surface area contributed by atoms with Crippen LogP contribution < -0.4 is 0 Å². The average Bonchev–Trinajstić information content (AvgIpc) is 2.52. The minimum absolute atomic E-state index is 0.301. The molecule has 0 aromatic carbocycles. The summed E-state index contributed by atoms with van der Waals surface area (Å²) in [6, 6.07) is -0.892. The van der Waals surface area contributed by atoms with Crippen molar-refractivity contribution in [2.24, 2.45) is 5.11 Å². The second-order valence-electron chi connectivity index (χ2n) is 5.32. The molecule has 5 atom stereocenters. The summed E-state index contributed by atoms with van der Waals surface area (Å²) < 4.78 is 16.9. The molecule has 0 spiro atoms. The molecule has 1 aliphatic heterocycles. The molecule has 3 unspecified atom stereocenters. The molecule has 128 valence electrons. The fourth-order valence-corrected chi connectivity index (χ4v) is 2.36. The van der Waals surface area contributed by atoms with E-state index in [1.54, 1.807) is 0 Å². The molecule has 0 aromatic rings. The summed E-state index contributed by atoms with van der Waals surface area (Å²) in [7, 11) is 0. The standard InChI is InChI=1S/C14H27N3O5/c1-3-5-7-20-12-10(9-18)22-14(19)11(16-17-15)13(12)21-8-6-4-2/h10-14,18-19H,3-9H2,1-2H3/t10?,11-,12+,13?,14?/m0/s1. The van der Waals surface area contributed by atoms with E-state index in [0.717, 1.165) is 25.7 Å². The van der Waals surface area contributed by atoms with Crippen molar-refractivity contribution in [3.05, 3.63) is 10.4 Å². The van der Waals surface area contributed by atoms with Gasteiger partial charge in [-0.15, -0.1) is 0 Å². The van der Waals surface area contributed by atoms with Crippen LogP contribution in [0.2, 0.25) is 0 Å². The SMILES string of the molecule is CCCCOC1[C@H](N=[N+]=[N-])C(O)OC(CO)[C@H]1OCCCC. The van der Waals surface area contributed by atoms with Gasteiger partial charge in [-0.25, -0.2) is 0 Å². The van der Waals surface area contributed by atoms with Gasteiger partial charge in [-0.2, -0.15) is 0 Å². The molecule has 1 rings (SSSR count). The number of aliphatic hydroxyl groups excluding tert-OH is 2. The van der Waals surface area contributed by atoms with Crippen molar-refractivity contribution in [2.75, 3.05) is 19.8 Å². The number of nitrogens with zero attached hydrogens (tertiary/aromatic N) is 3. The highest BCUT2D eigenvalue weighted by Gasteiger charge is 2.46. The number of aliphatic hydroxyl groups is 2. The lowest BCUT2D eigenvalue weighted by molar-refractivity contribution is -0.266. The van der Waals surface area contributed by atoms with Gasteiger partial charge in [0.05, 0.1) is 12.7 Å². The van der Waals surface area contributed by atoms with Crippen molar-refractivity contribution >= 4 is 0 Å². The minimum atomic E-state index is -1.31. The molecule has 1 saturated heterocycles. The van der Waals surface area contributed by atoms with E-state index < -0.39 is 30.6 Å². The molecule has 1 aliphatic rings. The van der Waals surface area contributed by atoms with Crippen molar-refractivity contribution in [1.29, 1.82) is 0 Å². The first kappa shape index (κ1) is 19.2. The van der Waals surface area contributed by atoms with E-state index in [-0.39, 0.29) is 6.61 Å². The van der Waals surface area contributed by atoms with Crippen LogP contribution in [0.1, 0.15) is 39.5 Å². The Morgan fingerprint density at radius 1 is 1.14 bits per heavy atom. The zero-order chi connectivity index (χ0) is 16.4. The second kappa shape index (κ2) is 10.8. The van der Waals surface area contributed by atoms with Gasteiger partial charge in [0.15, 0.2) is 6.29 Å². The first-order valence-corrected chi connectivity index (χ1v) is 7.91. The van der Waals surface area contributed by atoms with Crippen LogP contribution in [0.3, 0.4) is 0 Å². The van der Waals surface area contributed by atoms with E-state index in [1.165, 1.54) is 0 Å². The second-order valence-corrected chi connectivity index (χ2v) is 5.32. The van der Waals surface area contributed by atoms with Crippen LogP contribution in [-0.4, -0.2) is 60.7 Å². The first-order valence-electron chi connectivity index (χ1n) is 7.91. The molecule has 0 saturated carbocycles. The molecule has 0 radical (unpaired) electrons. The number of ether oxygens (including phenoxy) is 3. The maximum absolute atomic E-state index is 9.98. The Hall–Kier alpha value is -0.890. The lowest BCUT2D eigenvalue weighted by Gasteiger charge is -2.42. The van der Waals surface area contributed by atoms with E-state index in [4.69, 9.17) is 19.7 Å². The molecule has 2 N–H and O–H groups in total. The van der Waals surface area contributed by atoms with Crippen LogP contribution in [0.25, 0.3) is 10.4 Å². The summed E-state index contributed by atoms with van der Waals surface area (Å²) in [6.45, 7) is 4.75. The highest BCUT2D eigenvalue weighted by Crippen LogP contribution is 2.27. The maximum Gasteiger partial charge on any atom is 0.166 e. The van der Waals surface area contributed by atoms with Crippen LogP contribution in [0.5, 0.6) is 0 Å². The maximum atomic E-state index is 9.98. The molecule has 8 nitrogen and oxygen atoms in total. The summed E-state index contributed by atoms with van der Waals surface area (Å²) in [5.41, 5.74) is 8.70. The van der Waals surface area contributed by atoms with E-state index in [1.807, 2.05) is 13.8 Å². The smallest absolute Gasteiger partial charge is 0.166 e. The zero-order valence-corrected chi connectivity index (χ0v) is 13.3. The van der Waals surface area contributed by atoms with Crippen LogP contribution in [-0.2, 0) is 14.2 Å². The number of unbranched alkanes of at least 4 members (excludes halogenated alkanes) is 2. The molecule has 0 bridgehead atoms. The highest BCUT2D eigenvalue weighted by molar-refractivity contribution is 4.95. The summed E-state index contributed by atoms with van der Waals surface area (Å²) in [4.78, 5) is 2.76. The van der Waals surface area contributed by atoms with Crippen molar-refractivity contribution in [2.45, 2.75) is 70.2 Å². The Morgan fingerprint density at radius 2 is 1.73 bits per heavy atom. The van der Waals surface area contributed by atoms with Crippen LogP contribution in [0.15, 0.2) is 5.11 Å². The molecular weight excluding hydrogens is 290 g/mol. The monoisotopic (exact) mass is 317 g/mol. The van der Waals surface area contributed by atoms with Gasteiger partial charge in [0.25, 0.3) is 0 Å². The summed E-state index contributed by atoms with van der Waals surface area (Å²) in [5, 5.41) is 23.0. The average molecular weight is 317 g/mol. The number of rotatable bonds is 10. The molecule has 0 amide bonds. The van der Waals surface area contributed by atoms with E-state index in [2.05, 4.69) is 10.0 Å². The van der Waals surface area contributed by atoms with Gasteiger partial charge in [-0.05, 0) is 18.4 Å². The predicted octanol–water partition coefficient (Wildman–Crippen LogP) is 1.75. The van der Waals surface area contributed by atoms with Gasteiger partial charge < -0.3 is 24.4 Å². The third-order valence-corrected chi connectivity index (χ3v) is 3.61. The lowest BCUT2D eigenvalue weighted by atomic mass is 9.97. The van der Waals surface area contributed by atoms with Crippen LogP contribution in [0, 0.1) is 0 Å². The van der Waals surface area contributed by atoms with Gasteiger partial charge >= 0.3 is 0 Å². The zero-order valence-electron chi connectivity index (χ0n) is 13.3. The van der Waals surface area contributed by atoms with E-state index in [0.29, 0.717) is 13.2 Å². The van der Waals surface area contributed by atoms with Gasteiger partial charge in [0.1, 0.15) is 18.2 Å². The Morgan fingerprint density at radius 3 is 2.23 bits per heavy atom. The van der Waals surface area contributed by atoms with Gasteiger partial charge in [-0.1, -0.05) is 31.8 Å². The molecule has 8 heteroatoms. The largest absolute Gasteiger partial charge is 0.394 e. The Bertz CT molecular complexity index is 351. The number of azide groups is 1. The molecule has 22 heavy (non-hydrogen) atoms. The molecular formula is C14H27N3O5. The Balaban J connectivity index is 2.86. The van der Waals surface area contributed by atoms with Gasteiger partial charge in [0.2, 0.25) is 0 Å². The lowest BCUT2D eigenvalue weighted by Crippen LogP contribution is -2.59. The van der Waals surface area contributed by atoms with E-state index in [9.17, 15) is 10.2 Å². The van der Waals surface area contributed by atoms with Crippen LogP contribution >= 0.6 is 0 Å². The Kier molecular flexibility index (Phi) is 9.38. The quantitative estimate of drug-likeness (QED) is 0.275. The summed E-state index contributed by atoms with van der Waals surface area (Å²) in [5.74, 6) is 0. The normalized spacial score (nSPS) is 31.7. The third-order valence-electron chi connectivity index (χ3n) is 3.61. The Labute approximate surface area is 131 Å². The molecule has 1 fully saturated rings. The molecule has 1 heterocycles. The van der Waals surface area contributed by atoms with Crippen molar-refractivity contribution in [1.82, 2.24) is 0 Å². The van der Waals surface area contributed by atoms with Crippen molar-refractivity contribution in [3.63, 3.8) is 0 Å². The third kappa shape index (κ3) is 5.39. The number of hydrogen-bond donors (Lipinski definition) is 2. The summed E-state index contributed by atoms with van der Waals surface area (Å²) >= 11 is 0. The highest BCUT2D eigenvalue weighted by atomic mass is 16.6. The van der Waals surface area contributed by atoms with Gasteiger partial charge in [-0.3, -0.25) is 0 Å². The van der Waals surface area contributed by atoms with Crippen LogP contribution in [0.4, 0.5) is 0 Å². The minimum Gasteiger partial charge on any atom is -0.394 e. The summed E-state index contributed by atoms with van der Waals surface area (Å²) in [6.07, 6.45) is 0.415. The predicted molar refractivity (Wildman–Crippen MR) is 80.2 cm³/mol. The topological polar surface area (TPSA) is 117 Å². The van der Waals surface area contributed by atoms with E-state index >= 15 is 0 Å². The fourth-order valence-electron chi connectivity index (χ4n) is 2.36.